The van der Waals surface area contributed by atoms with Gasteiger partial charge in [-0.15, -0.1) is 0 Å². The van der Waals surface area contributed by atoms with Crippen LogP contribution in [0.2, 0.25) is 0 Å². The molecule has 1 unspecified atom stereocenters. The molecule has 0 spiro atoms. The van der Waals surface area contributed by atoms with Crippen LogP contribution < -0.4 is 4.74 Å². The first-order valence-electron chi connectivity index (χ1n) is 4.07. The Kier molecular flexibility index (Phi) is 3.25. The summed E-state index contributed by atoms with van der Waals surface area (Å²) in [6.45, 7) is 1.06. The molecule has 0 heterocycles. The number of hydrogen-bond acceptors (Lipinski definition) is 2. The molecule has 0 amide bonds. The van der Waals surface area contributed by atoms with Crippen LogP contribution in [-0.2, 0) is 0 Å². The minimum absolute atomic E-state index is 0.614. The molecule has 0 fully saturated rings. The fraction of sp³-hybridized carbons (Fsp3) is 0.400. The second-order valence-corrected chi connectivity index (χ2v) is 2.89. The van der Waals surface area contributed by atoms with Gasteiger partial charge in [-0.2, -0.15) is 0 Å². The summed E-state index contributed by atoms with van der Waals surface area (Å²) in [5.74, 6) is 0.715. The highest BCUT2D eigenvalue weighted by atomic mass is 19.1. The van der Waals surface area contributed by atoms with E-state index in [0.29, 0.717) is 11.3 Å². The predicted octanol–water partition coefficient (Wildman–Crippen LogP) is 2.01. The van der Waals surface area contributed by atoms with E-state index < -0.39 is 12.8 Å². The highest BCUT2D eigenvalue weighted by Crippen LogP contribution is 2.22. The van der Waals surface area contributed by atoms with Crippen molar-refractivity contribution in [1.82, 2.24) is 0 Å². The largest absolute Gasteiger partial charge is 0.497 e. The van der Waals surface area contributed by atoms with Crippen LogP contribution in [0.5, 0.6) is 5.75 Å². The molecule has 0 aliphatic carbocycles. The highest BCUT2D eigenvalue weighted by Gasteiger charge is 2.09. The number of hydrogen-bond donors (Lipinski definition) is 1. The van der Waals surface area contributed by atoms with Crippen molar-refractivity contribution in [3.8, 4) is 5.75 Å². The van der Waals surface area contributed by atoms with Crippen LogP contribution in [0.25, 0.3) is 0 Å². The number of aliphatic hydroxyl groups is 1. The van der Waals surface area contributed by atoms with Crippen LogP contribution in [0.3, 0.4) is 0 Å². The summed E-state index contributed by atoms with van der Waals surface area (Å²) in [5, 5.41) is 9.26. The van der Waals surface area contributed by atoms with E-state index in [1.807, 2.05) is 6.92 Å². The molecule has 0 radical (unpaired) electrons. The van der Waals surface area contributed by atoms with Crippen molar-refractivity contribution >= 4 is 0 Å². The number of alkyl halides is 1. The Hall–Kier alpha value is -1.09. The molecule has 0 aliphatic heterocycles. The zero-order chi connectivity index (χ0) is 9.84. The molecule has 1 aromatic carbocycles. The monoisotopic (exact) mass is 184 g/mol. The van der Waals surface area contributed by atoms with Gasteiger partial charge in [-0.3, -0.25) is 0 Å². The molecule has 2 nitrogen and oxygen atoms in total. The SMILES string of the molecule is COc1ccc(C(O)CF)c(C)c1. The second-order valence-electron chi connectivity index (χ2n) is 2.89. The first-order valence-corrected chi connectivity index (χ1v) is 4.07. The number of ether oxygens (including phenoxy) is 1. The van der Waals surface area contributed by atoms with Crippen LogP contribution in [0.15, 0.2) is 18.2 Å². The fourth-order valence-electron chi connectivity index (χ4n) is 1.23. The van der Waals surface area contributed by atoms with Gasteiger partial charge in [0.1, 0.15) is 18.5 Å². The van der Waals surface area contributed by atoms with Gasteiger partial charge in [0.15, 0.2) is 0 Å². The first-order chi connectivity index (χ1) is 6.19. The second kappa shape index (κ2) is 4.23. The Morgan fingerprint density at radius 3 is 2.69 bits per heavy atom. The van der Waals surface area contributed by atoms with Crippen LogP contribution in [0.1, 0.15) is 17.2 Å². The number of aryl methyl sites for hydroxylation is 1. The number of aliphatic hydroxyl groups excluding tert-OH is 1. The highest BCUT2D eigenvalue weighted by molar-refractivity contribution is 5.35. The minimum atomic E-state index is -1.02. The third-order valence-electron chi connectivity index (χ3n) is 1.98. The number of rotatable bonds is 3. The molecule has 1 N–H and O–H groups in total. The van der Waals surface area contributed by atoms with Crippen molar-refractivity contribution in [2.24, 2.45) is 0 Å². The van der Waals surface area contributed by atoms with Crippen molar-refractivity contribution in [3.63, 3.8) is 0 Å². The van der Waals surface area contributed by atoms with E-state index in [0.717, 1.165) is 5.56 Å². The lowest BCUT2D eigenvalue weighted by Crippen LogP contribution is -2.01. The van der Waals surface area contributed by atoms with Crippen molar-refractivity contribution in [1.29, 1.82) is 0 Å². The molecule has 0 bridgehead atoms. The predicted molar refractivity (Wildman–Crippen MR) is 48.7 cm³/mol. The van der Waals surface area contributed by atoms with Gasteiger partial charge >= 0.3 is 0 Å². The van der Waals surface area contributed by atoms with Crippen molar-refractivity contribution in [3.05, 3.63) is 29.3 Å². The summed E-state index contributed by atoms with van der Waals surface area (Å²) < 4.78 is 17.1. The van der Waals surface area contributed by atoms with E-state index in [2.05, 4.69) is 0 Å². The summed E-state index contributed by atoms with van der Waals surface area (Å²) in [6, 6.07) is 5.16. The van der Waals surface area contributed by atoms with Gasteiger partial charge in [-0.25, -0.2) is 4.39 Å². The lowest BCUT2D eigenvalue weighted by molar-refractivity contribution is 0.141. The molecule has 1 atom stereocenters. The molecule has 13 heavy (non-hydrogen) atoms. The standard InChI is InChI=1S/C10H13FO2/c1-7-5-8(13-2)3-4-9(7)10(12)6-11/h3-5,10,12H,6H2,1-2H3. The summed E-state index contributed by atoms with van der Waals surface area (Å²) in [5.41, 5.74) is 1.45. The molecule has 1 aromatic rings. The van der Waals surface area contributed by atoms with Crippen LogP contribution in [-0.4, -0.2) is 18.9 Å². The maximum atomic E-state index is 12.2. The molecular weight excluding hydrogens is 171 g/mol. The van der Waals surface area contributed by atoms with Gasteiger partial charge in [0, 0.05) is 0 Å². The maximum Gasteiger partial charge on any atom is 0.119 e. The molecule has 0 aliphatic rings. The third kappa shape index (κ3) is 2.18. The summed E-state index contributed by atoms with van der Waals surface area (Å²) in [6.07, 6.45) is -1.02. The molecule has 72 valence electrons. The van der Waals surface area contributed by atoms with Gasteiger partial charge in [-0.1, -0.05) is 6.07 Å². The average molecular weight is 184 g/mol. The quantitative estimate of drug-likeness (QED) is 0.778. The normalized spacial score (nSPS) is 12.6. The van der Waals surface area contributed by atoms with E-state index >= 15 is 0 Å². The van der Waals surface area contributed by atoms with E-state index in [-0.39, 0.29) is 0 Å². The first kappa shape index (κ1) is 9.99. The molecule has 3 heteroatoms. The number of methoxy groups -OCH3 is 1. The molecule has 0 aromatic heterocycles. The molecule has 0 saturated carbocycles. The Balaban J connectivity index is 2.98. The minimum Gasteiger partial charge on any atom is -0.497 e. The molecule has 1 rings (SSSR count). The Morgan fingerprint density at radius 2 is 2.23 bits per heavy atom. The zero-order valence-corrected chi connectivity index (χ0v) is 7.75. The van der Waals surface area contributed by atoms with Crippen LogP contribution in [0.4, 0.5) is 4.39 Å². The van der Waals surface area contributed by atoms with E-state index in [1.165, 1.54) is 0 Å². The van der Waals surface area contributed by atoms with Crippen LogP contribution >= 0.6 is 0 Å². The van der Waals surface area contributed by atoms with Crippen LogP contribution in [0, 0.1) is 6.92 Å². The van der Waals surface area contributed by atoms with Crippen molar-refractivity contribution in [2.45, 2.75) is 13.0 Å². The third-order valence-corrected chi connectivity index (χ3v) is 1.98. The average Bonchev–Trinajstić information content (AvgIpc) is 2.16. The zero-order valence-electron chi connectivity index (χ0n) is 7.75. The smallest absolute Gasteiger partial charge is 0.119 e. The molecule has 0 saturated heterocycles. The van der Waals surface area contributed by atoms with Crippen molar-refractivity contribution < 1.29 is 14.2 Å². The maximum absolute atomic E-state index is 12.2. The lowest BCUT2D eigenvalue weighted by Gasteiger charge is -2.11. The van der Waals surface area contributed by atoms with Gasteiger partial charge in [0.25, 0.3) is 0 Å². The topological polar surface area (TPSA) is 29.5 Å². The van der Waals surface area contributed by atoms with Crippen molar-refractivity contribution in [2.75, 3.05) is 13.8 Å². The van der Waals surface area contributed by atoms with Gasteiger partial charge in [-0.05, 0) is 30.2 Å². The summed E-state index contributed by atoms with van der Waals surface area (Å²) in [4.78, 5) is 0. The van der Waals surface area contributed by atoms with E-state index in [9.17, 15) is 9.50 Å². The Bertz CT molecular complexity index is 286. The van der Waals surface area contributed by atoms with E-state index in [1.54, 1.807) is 25.3 Å². The summed E-state index contributed by atoms with van der Waals surface area (Å²) in [7, 11) is 1.57. The number of halogens is 1. The Morgan fingerprint density at radius 1 is 1.54 bits per heavy atom. The van der Waals surface area contributed by atoms with Gasteiger partial charge in [0.05, 0.1) is 7.11 Å². The Labute approximate surface area is 77.0 Å². The lowest BCUT2D eigenvalue weighted by atomic mass is 10.0. The van der Waals surface area contributed by atoms with E-state index in [4.69, 9.17) is 4.74 Å². The summed E-state index contributed by atoms with van der Waals surface area (Å²) >= 11 is 0. The molecular formula is C10H13FO2. The fourth-order valence-corrected chi connectivity index (χ4v) is 1.23. The number of benzene rings is 1. The van der Waals surface area contributed by atoms with Gasteiger partial charge in [0.2, 0.25) is 0 Å². The van der Waals surface area contributed by atoms with Gasteiger partial charge < -0.3 is 9.84 Å².